The number of carbonyl (C=O) groups is 1. The molecule has 33 heavy (non-hydrogen) atoms. The summed E-state index contributed by atoms with van der Waals surface area (Å²) in [6, 6.07) is 23.3. The van der Waals surface area contributed by atoms with Gasteiger partial charge in [-0.05, 0) is 70.8 Å². The highest BCUT2D eigenvalue weighted by molar-refractivity contribution is 6.30. The van der Waals surface area contributed by atoms with Crippen molar-refractivity contribution in [2.75, 3.05) is 0 Å². The Balaban J connectivity index is 0.000000186. The highest BCUT2D eigenvalue weighted by Crippen LogP contribution is 2.28. The van der Waals surface area contributed by atoms with Gasteiger partial charge in [0.15, 0.2) is 0 Å². The van der Waals surface area contributed by atoms with Crippen molar-refractivity contribution in [1.29, 1.82) is 0 Å². The first-order valence-electron chi connectivity index (χ1n) is 10.5. The van der Waals surface area contributed by atoms with Crippen LogP contribution in [0.2, 0.25) is 10.0 Å². The van der Waals surface area contributed by atoms with Gasteiger partial charge in [0.2, 0.25) is 0 Å². The van der Waals surface area contributed by atoms with Gasteiger partial charge >= 0.3 is 0 Å². The minimum Gasteiger partial charge on any atom is -0.303 e. The van der Waals surface area contributed by atoms with Crippen molar-refractivity contribution < 1.29 is 4.79 Å². The van der Waals surface area contributed by atoms with Crippen LogP contribution >= 0.6 is 23.2 Å². The predicted molar refractivity (Wildman–Crippen MR) is 136 cm³/mol. The number of nitrogens with zero attached hydrogens (tertiary/aromatic N) is 2. The molecule has 0 saturated carbocycles. The zero-order chi connectivity index (χ0) is 23.5. The molecule has 166 valence electrons. The zero-order valence-corrected chi connectivity index (χ0v) is 19.5. The average molecular weight is 475 g/mol. The van der Waals surface area contributed by atoms with E-state index in [1.165, 1.54) is 11.1 Å². The van der Waals surface area contributed by atoms with Crippen LogP contribution in [0.15, 0.2) is 110 Å². The SMILES string of the molecule is C=CC(c1ccncc1)c1ccc(Cl)cc1.O=CCC(c1ccncc1)c1ccc(Cl)cc1. The molecule has 5 heteroatoms. The van der Waals surface area contributed by atoms with Gasteiger partial charge in [0, 0.05) is 53.1 Å². The Morgan fingerprint density at radius 3 is 1.52 bits per heavy atom. The number of aldehydes is 1. The minimum absolute atomic E-state index is 0.0766. The number of aromatic nitrogens is 2. The molecule has 0 bridgehead atoms. The topological polar surface area (TPSA) is 42.9 Å². The second-order valence-electron chi connectivity index (χ2n) is 7.33. The highest BCUT2D eigenvalue weighted by Gasteiger charge is 2.13. The molecule has 0 N–H and O–H groups in total. The number of hydrogen-bond donors (Lipinski definition) is 0. The average Bonchev–Trinajstić information content (AvgIpc) is 2.86. The van der Waals surface area contributed by atoms with Gasteiger partial charge in [0.25, 0.3) is 0 Å². The summed E-state index contributed by atoms with van der Waals surface area (Å²) in [6.45, 7) is 3.88. The second kappa shape index (κ2) is 12.7. The molecular formula is C28H24Cl2N2O. The van der Waals surface area contributed by atoms with E-state index in [-0.39, 0.29) is 11.8 Å². The third-order valence-electron chi connectivity index (χ3n) is 5.24. The summed E-state index contributed by atoms with van der Waals surface area (Å²) in [5.41, 5.74) is 4.56. The first kappa shape index (κ1) is 24.4. The van der Waals surface area contributed by atoms with Crippen molar-refractivity contribution in [3.8, 4) is 0 Å². The quantitative estimate of drug-likeness (QED) is 0.205. The van der Waals surface area contributed by atoms with E-state index in [9.17, 15) is 4.79 Å². The smallest absolute Gasteiger partial charge is 0.120 e. The normalized spacial score (nSPS) is 12.1. The minimum atomic E-state index is 0.0766. The molecule has 4 aromatic rings. The zero-order valence-electron chi connectivity index (χ0n) is 18.0. The molecule has 2 unspecified atom stereocenters. The Labute approximate surface area is 204 Å². The monoisotopic (exact) mass is 474 g/mol. The molecule has 2 atom stereocenters. The van der Waals surface area contributed by atoms with Crippen molar-refractivity contribution >= 4 is 29.5 Å². The van der Waals surface area contributed by atoms with E-state index < -0.39 is 0 Å². The lowest BCUT2D eigenvalue weighted by Gasteiger charge is -2.14. The first-order chi connectivity index (χ1) is 16.1. The van der Waals surface area contributed by atoms with E-state index in [2.05, 4.69) is 16.5 Å². The Morgan fingerprint density at radius 2 is 1.06 bits per heavy atom. The molecule has 0 aliphatic heterocycles. The molecule has 0 radical (unpaired) electrons. The Bertz CT molecular complexity index is 1130. The number of carbonyl (C=O) groups excluding carboxylic acids is 1. The number of allylic oxidation sites excluding steroid dienone is 1. The van der Waals surface area contributed by atoms with Gasteiger partial charge in [-0.25, -0.2) is 0 Å². The summed E-state index contributed by atoms with van der Waals surface area (Å²) in [6.07, 6.45) is 10.4. The van der Waals surface area contributed by atoms with E-state index in [0.717, 1.165) is 22.4 Å². The lowest BCUT2D eigenvalue weighted by Crippen LogP contribution is -2.01. The number of benzene rings is 2. The van der Waals surface area contributed by atoms with Crippen molar-refractivity contribution in [3.63, 3.8) is 0 Å². The molecule has 2 aromatic carbocycles. The molecule has 0 aliphatic carbocycles. The maximum Gasteiger partial charge on any atom is 0.120 e. The summed E-state index contributed by atoms with van der Waals surface area (Å²) in [4.78, 5) is 18.8. The Hall–Kier alpha value is -3.27. The van der Waals surface area contributed by atoms with Gasteiger partial charge in [-0.1, -0.05) is 53.5 Å². The first-order valence-corrected chi connectivity index (χ1v) is 11.2. The van der Waals surface area contributed by atoms with Crippen LogP contribution in [0, 0.1) is 0 Å². The van der Waals surface area contributed by atoms with E-state index in [1.54, 1.807) is 24.8 Å². The maximum atomic E-state index is 10.8. The van der Waals surface area contributed by atoms with Gasteiger partial charge in [-0.2, -0.15) is 0 Å². The lowest BCUT2D eigenvalue weighted by molar-refractivity contribution is -0.108. The molecule has 0 aliphatic rings. The largest absolute Gasteiger partial charge is 0.303 e. The number of rotatable bonds is 7. The van der Waals surface area contributed by atoms with E-state index >= 15 is 0 Å². The molecule has 0 fully saturated rings. The summed E-state index contributed by atoms with van der Waals surface area (Å²) in [5, 5.41) is 1.45. The van der Waals surface area contributed by atoms with Crippen molar-refractivity contribution in [2.24, 2.45) is 0 Å². The molecular weight excluding hydrogens is 451 g/mol. The van der Waals surface area contributed by atoms with E-state index in [0.29, 0.717) is 11.4 Å². The summed E-state index contributed by atoms with van der Waals surface area (Å²) < 4.78 is 0. The van der Waals surface area contributed by atoms with Gasteiger partial charge in [-0.3, -0.25) is 9.97 Å². The van der Waals surface area contributed by atoms with Crippen LogP contribution in [0.1, 0.15) is 40.5 Å². The Kier molecular flexibility index (Phi) is 9.37. The third kappa shape index (κ3) is 7.11. The van der Waals surface area contributed by atoms with Gasteiger partial charge in [-0.15, -0.1) is 6.58 Å². The van der Waals surface area contributed by atoms with Crippen LogP contribution in [0.5, 0.6) is 0 Å². The molecule has 2 heterocycles. The fraction of sp³-hybridized carbons (Fsp3) is 0.107. The van der Waals surface area contributed by atoms with Crippen LogP contribution < -0.4 is 0 Å². The number of halogens is 2. The lowest BCUT2D eigenvalue weighted by atomic mass is 9.90. The maximum absolute atomic E-state index is 10.8. The van der Waals surface area contributed by atoms with Gasteiger partial charge in [0.1, 0.15) is 6.29 Å². The standard InChI is InChI=1S/C14H12ClNO.C14H12ClN/c15-13-3-1-11(2-4-13)14(7-10-17)12-5-8-16-9-6-12;1-2-14(12-7-9-16-10-8-12)11-3-5-13(15)6-4-11/h1-6,8-10,14H,7H2;2-10,14H,1H2. The molecule has 3 nitrogen and oxygen atoms in total. The molecule has 0 saturated heterocycles. The summed E-state index contributed by atoms with van der Waals surface area (Å²) in [7, 11) is 0. The number of hydrogen-bond acceptors (Lipinski definition) is 3. The summed E-state index contributed by atoms with van der Waals surface area (Å²) in [5.74, 6) is 0.271. The Morgan fingerprint density at radius 1 is 0.667 bits per heavy atom. The van der Waals surface area contributed by atoms with Crippen molar-refractivity contribution in [2.45, 2.75) is 18.3 Å². The summed E-state index contributed by atoms with van der Waals surface area (Å²) >= 11 is 11.7. The van der Waals surface area contributed by atoms with Crippen molar-refractivity contribution in [1.82, 2.24) is 9.97 Å². The third-order valence-corrected chi connectivity index (χ3v) is 5.75. The molecule has 4 rings (SSSR count). The molecule has 0 spiro atoms. The van der Waals surface area contributed by atoms with E-state index in [1.807, 2.05) is 78.9 Å². The second-order valence-corrected chi connectivity index (χ2v) is 8.21. The number of pyridine rings is 2. The molecule has 0 amide bonds. The van der Waals surface area contributed by atoms with Gasteiger partial charge in [0.05, 0.1) is 0 Å². The van der Waals surface area contributed by atoms with Crippen LogP contribution in [-0.2, 0) is 4.79 Å². The van der Waals surface area contributed by atoms with Crippen LogP contribution in [-0.4, -0.2) is 16.3 Å². The highest BCUT2D eigenvalue weighted by atomic mass is 35.5. The van der Waals surface area contributed by atoms with Crippen LogP contribution in [0.3, 0.4) is 0 Å². The van der Waals surface area contributed by atoms with Crippen LogP contribution in [0.4, 0.5) is 0 Å². The fourth-order valence-electron chi connectivity index (χ4n) is 3.56. The van der Waals surface area contributed by atoms with Crippen LogP contribution in [0.25, 0.3) is 0 Å². The van der Waals surface area contributed by atoms with Crippen molar-refractivity contribution in [3.05, 3.63) is 143 Å². The fourth-order valence-corrected chi connectivity index (χ4v) is 3.81. The molecule has 2 aromatic heterocycles. The van der Waals surface area contributed by atoms with Gasteiger partial charge < -0.3 is 4.79 Å². The van der Waals surface area contributed by atoms with E-state index in [4.69, 9.17) is 23.2 Å². The predicted octanol–water partition coefficient (Wildman–Crippen LogP) is 7.51.